The predicted octanol–water partition coefficient (Wildman–Crippen LogP) is 4.37. The molecule has 2 aliphatic rings. The summed E-state index contributed by atoms with van der Waals surface area (Å²) >= 11 is 0. The van der Waals surface area contributed by atoms with Crippen LogP contribution in [0.2, 0.25) is 0 Å². The first-order chi connectivity index (χ1) is 12.0. The summed E-state index contributed by atoms with van der Waals surface area (Å²) in [5.74, 6) is -1.25. The van der Waals surface area contributed by atoms with Crippen molar-refractivity contribution in [1.29, 1.82) is 0 Å². The number of hydrogen-bond acceptors (Lipinski definition) is 2. The maximum absolute atomic E-state index is 14.3. The molecule has 0 radical (unpaired) electrons. The summed E-state index contributed by atoms with van der Waals surface area (Å²) in [5, 5.41) is 11.2. The van der Waals surface area contributed by atoms with E-state index in [-0.39, 0.29) is 17.6 Å². The Bertz CT molecular complexity index is 735. The smallest absolute Gasteiger partial charge is 0.132 e. The molecule has 4 rings (SSSR count). The minimum Gasteiger partial charge on any atom is -0.385 e. The summed E-state index contributed by atoms with van der Waals surface area (Å²) in [4.78, 5) is 2.47. The van der Waals surface area contributed by atoms with Gasteiger partial charge in [0.05, 0.1) is 5.60 Å². The third kappa shape index (κ3) is 3.21. The molecule has 2 heterocycles. The molecule has 0 aliphatic carbocycles. The van der Waals surface area contributed by atoms with E-state index in [0.717, 1.165) is 31.9 Å². The molecule has 25 heavy (non-hydrogen) atoms. The van der Waals surface area contributed by atoms with Crippen LogP contribution in [0, 0.1) is 11.6 Å². The summed E-state index contributed by atoms with van der Waals surface area (Å²) in [5.41, 5.74) is 0.295. The van der Waals surface area contributed by atoms with Crippen molar-refractivity contribution < 1.29 is 13.9 Å². The van der Waals surface area contributed by atoms with Crippen LogP contribution in [-0.2, 0) is 12.1 Å². The van der Waals surface area contributed by atoms with Crippen LogP contribution in [0.15, 0.2) is 48.5 Å². The van der Waals surface area contributed by atoms with Gasteiger partial charge in [-0.2, -0.15) is 0 Å². The first kappa shape index (κ1) is 16.7. The summed E-state index contributed by atoms with van der Waals surface area (Å²) in [6, 6.07) is 14.3. The van der Waals surface area contributed by atoms with Gasteiger partial charge in [-0.3, -0.25) is 4.90 Å². The Balaban J connectivity index is 1.60. The molecule has 0 aromatic heterocycles. The summed E-state index contributed by atoms with van der Waals surface area (Å²) in [6.45, 7) is 0.859. The molecule has 0 spiro atoms. The van der Waals surface area contributed by atoms with Gasteiger partial charge in [-0.25, -0.2) is 8.78 Å². The number of aliphatic hydroxyl groups is 1. The van der Waals surface area contributed by atoms with Crippen molar-refractivity contribution in [2.45, 2.75) is 56.3 Å². The van der Waals surface area contributed by atoms with E-state index in [0.29, 0.717) is 12.8 Å². The van der Waals surface area contributed by atoms with Gasteiger partial charge < -0.3 is 5.11 Å². The van der Waals surface area contributed by atoms with Crippen LogP contribution >= 0.6 is 0 Å². The Morgan fingerprint density at radius 3 is 2.32 bits per heavy atom. The van der Waals surface area contributed by atoms with Crippen LogP contribution < -0.4 is 0 Å². The largest absolute Gasteiger partial charge is 0.385 e. The molecule has 2 unspecified atom stereocenters. The second kappa shape index (κ2) is 6.50. The average Bonchev–Trinajstić information content (AvgIpc) is 2.57. The third-order valence-electron chi connectivity index (χ3n) is 5.80. The Morgan fingerprint density at radius 1 is 1.00 bits per heavy atom. The molecule has 2 bridgehead atoms. The third-order valence-corrected chi connectivity index (χ3v) is 5.80. The van der Waals surface area contributed by atoms with Crippen molar-refractivity contribution in [3.05, 3.63) is 71.3 Å². The van der Waals surface area contributed by atoms with Gasteiger partial charge in [0.2, 0.25) is 0 Å². The topological polar surface area (TPSA) is 23.5 Å². The molecule has 0 amide bonds. The fraction of sp³-hybridized carbons (Fsp3) is 0.429. The molecule has 2 fully saturated rings. The van der Waals surface area contributed by atoms with Crippen molar-refractivity contribution in [3.63, 3.8) is 0 Å². The van der Waals surface area contributed by atoms with Gasteiger partial charge in [-0.1, -0.05) is 42.8 Å². The Labute approximate surface area is 147 Å². The number of halogens is 2. The lowest BCUT2D eigenvalue weighted by atomic mass is 9.72. The highest BCUT2D eigenvalue weighted by molar-refractivity contribution is 5.27. The molecule has 2 atom stereocenters. The van der Waals surface area contributed by atoms with Crippen molar-refractivity contribution in [1.82, 2.24) is 4.90 Å². The van der Waals surface area contributed by atoms with Crippen LogP contribution in [0.4, 0.5) is 8.78 Å². The maximum atomic E-state index is 14.3. The van der Waals surface area contributed by atoms with E-state index in [4.69, 9.17) is 0 Å². The Kier molecular flexibility index (Phi) is 4.34. The van der Waals surface area contributed by atoms with E-state index in [1.807, 2.05) is 18.2 Å². The van der Waals surface area contributed by atoms with Gasteiger partial charge in [-0.15, -0.1) is 0 Å². The fourth-order valence-electron chi connectivity index (χ4n) is 4.66. The first-order valence-electron chi connectivity index (χ1n) is 9.03. The van der Waals surface area contributed by atoms with Crippen molar-refractivity contribution >= 4 is 0 Å². The van der Waals surface area contributed by atoms with E-state index in [2.05, 4.69) is 17.0 Å². The second-order valence-corrected chi connectivity index (χ2v) is 7.46. The van der Waals surface area contributed by atoms with Crippen LogP contribution in [0.5, 0.6) is 0 Å². The van der Waals surface area contributed by atoms with E-state index < -0.39 is 17.2 Å². The van der Waals surface area contributed by atoms with Gasteiger partial charge in [-0.05, 0) is 37.3 Å². The van der Waals surface area contributed by atoms with Crippen LogP contribution in [-0.4, -0.2) is 22.1 Å². The van der Waals surface area contributed by atoms with Crippen molar-refractivity contribution in [3.8, 4) is 0 Å². The predicted molar refractivity (Wildman–Crippen MR) is 92.9 cm³/mol. The number of hydrogen-bond donors (Lipinski definition) is 1. The molecular weight excluding hydrogens is 320 g/mol. The minimum absolute atomic E-state index is 0.224. The number of nitrogens with zero attached hydrogens (tertiary/aromatic N) is 1. The normalized spacial score (nSPS) is 29.6. The number of piperidine rings is 2. The molecule has 2 aromatic rings. The highest BCUT2D eigenvalue weighted by Crippen LogP contribution is 2.45. The molecule has 2 aliphatic heterocycles. The lowest BCUT2D eigenvalue weighted by Crippen LogP contribution is -2.56. The molecule has 132 valence electrons. The van der Waals surface area contributed by atoms with Crippen LogP contribution in [0.1, 0.15) is 43.2 Å². The molecule has 2 aromatic carbocycles. The van der Waals surface area contributed by atoms with Gasteiger partial charge in [0.15, 0.2) is 0 Å². The van der Waals surface area contributed by atoms with Gasteiger partial charge in [0.1, 0.15) is 11.6 Å². The lowest BCUT2D eigenvalue weighted by molar-refractivity contribution is -0.101. The number of fused-ring (bicyclic) bond motifs is 2. The highest BCUT2D eigenvalue weighted by Gasteiger charge is 2.47. The molecule has 4 heteroatoms. The second-order valence-electron chi connectivity index (χ2n) is 7.46. The van der Waals surface area contributed by atoms with Crippen LogP contribution in [0.25, 0.3) is 0 Å². The summed E-state index contributed by atoms with van der Waals surface area (Å²) < 4.78 is 27.5. The average molecular weight is 343 g/mol. The minimum atomic E-state index is -1.21. The van der Waals surface area contributed by atoms with E-state index in [9.17, 15) is 13.9 Å². The van der Waals surface area contributed by atoms with Crippen molar-refractivity contribution in [2.24, 2.45) is 0 Å². The monoisotopic (exact) mass is 343 g/mol. The zero-order chi connectivity index (χ0) is 17.4. The Hall–Kier alpha value is -1.78. The van der Waals surface area contributed by atoms with E-state index in [1.54, 1.807) is 0 Å². The quantitative estimate of drug-likeness (QED) is 0.894. The number of rotatable bonds is 3. The van der Waals surface area contributed by atoms with Gasteiger partial charge in [0.25, 0.3) is 0 Å². The Morgan fingerprint density at radius 2 is 1.68 bits per heavy atom. The first-order valence-corrected chi connectivity index (χ1v) is 9.03. The van der Waals surface area contributed by atoms with Gasteiger partial charge >= 0.3 is 0 Å². The molecule has 0 saturated carbocycles. The lowest BCUT2D eigenvalue weighted by Gasteiger charge is -2.52. The zero-order valence-corrected chi connectivity index (χ0v) is 14.2. The zero-order valence-electron chi connectivity index (χ0n) is 14.2. The van der Waals surface area contributed by atoms with Crippen molar-refractivity contribution in [2.75, 3.05) is 0 Å². The van der Waals surface area contributed by atoms with E-state index >= 15 is 0 Å². The van der Waals surface area contributed by atoms with Gasteiger partial charge in [0, 0.05) is 30.3 Å². The summed E-state index contributed by atoms with van der Waals surface area (Å²) in [6.07, 6.45) is 4.16. The molecular formula is C21H23F2NO. The standard InChI is InChI=1S/C21H23F2NO/c22-16-9-10-19(20(23)11-16)21(25)12-17-7-4-8-18(13-21)24(17)14-15-5-2-1-3-6-15/h1-3,5-6,9-11,17-18,25H,4,7-8,12-14H2. The SMILES string of the molecule is OC1(c2ccc(F)cc2F)CC2CCCC(C1)N2Cc1ccccc1. The van der Waals surface area contributed by atoms with Crippen LogP contribution in [0.3, 0.4) is 0 Å². The highest BCUT2D eigenvalue weighted by atomic mass is 19.1. The molecule has 1 N–H and O–H groups in total. The summed E-state index contributed by atoms with van der Waals surface area (Å²) in [7, 11) is 0. The van der Waals surface area contributed by atoms with E-state index in [1.165, 1.54) is 17.7 Å². The molecule has 2 nitrogen and oxygen atoms in total. The number of benzene rings is 2. The molecule has 2 saturated heterocycles. The maximum Gasteiger partial charge on any atom is 0.132 e. The fourth-order valence-corrected chi connectivity index (χ4v) is 4.66.